The zero-order valence-electron chi connectivity index (χ0n) is 53.6. The molecule has 0 aliphatic carbocycles. The number of carboxylic acids is 1. The van der Waals surface area contributed by atoms with E-state index in [2.05, 4.69) is 47.9 Å². The minimum Gasteiger partial charge on any atom is -0.481 e. The van der Waals surface area contributed by atoms with Crippen LogP contribution in [0, 0.1) is 0 Å². The first-order valence-electron chi connectivity index (χ1n) is 30.8. The third-order valence-corrected chi connectivity index (χ3v) is 13.1. The van der Waals surface area contributed by atoms with E-state index in [0.29, 0.717) is 46.2 Å². The number of imide groups is 1. The molecule has 10 atom stereocenters. The van der Waals surface area contributed by atoms with Crippen LogP contribution in [0.4, 0.5) is 0 Å². The average molecular weight is 1410 g/mol. The van der Waals surface area contributed by atoms with Crippen molar-refractivity contribution in [1.29, 1.82) is 0 Å². The molecule has 0 aromatic rings. The van der Waals surface area contributed by atoms with E-state index in [0.717, 1.165) is 17.1 Å². The maximum absolute atomic E-state index is 13.0. The van der Waals surface area contributed by atoms with E-state index in [1.54, 1.807) is 0 Å². The zero-order chi connectivity index (χ0) is 72.3. The van der Waals surface area contributed by atoms with Crippen LogP contribution in [0.3, 0.4) is 0 Å². The number of ether oxygens (including phenoxy) is 8. The molecule has 11 amide bonds. The summed E-state index contributed by atoms with van der Waals surface area (Å²) in [6.45, 7) is -1.84. The highest BCUT2D eigenvalue weighted by Crippen LogP contribution is 2.09. The van der Waals surface area contributed by atoms with Crippen LogP contribution in [-0.2, 0) is 95.4 Å². The molecular weight excluding hydrogens is 1310 g/mol. The molecule has 1 heterocycles. The molecule has 41 heteroatoms. The van der Waals surface area contributed by atoms with E-state index in [1.807, 2.05) is 0 Å². The zero-order valence-corrected chi connectivity index (χ0v) is 53.6. The quantitative estimate of drug-likeness (QED) is 0.0199. The van der Waals surface area contributed by atoms with Gasteiger partial charge in [-0.15, -0.1) is 0 Å². The minimum atomic E-state index is -2.00. The Morgan fingerprint density at radius 2 is 0.691 bits per heavy atom. The van der Waals surface area contributed by atoms with Crippen LogP contribution >= 0.6 is 0 Å². The molecule has 0 unspecified atom stereocenters. The number of nitrogens with one attached hydrogen (secondary N) is 9. The first-order valence-corrected chi connectivity index (χ1v) is 30.8. The van der Waals surface area contributed by atoms with Crippen LogP contribution in [0.15, 0.2) is 12.2 Å². The van der Waals surface area contributed by atoms with E-state index in [4.69, 9.17) is 53.2 Å². The molecule has 0 aromatic heterocycles. The molecule has 0 radical (unpaired) electrons. The number of carbonyl (C=O) groups is 12. The van der Waals surface area contributed by atoms with Gasteiger partial charge in [0.25, 0.3) is 11.8 Å². The minimum absolute atomic E-state index is 0.0899. The average Bonchev–Trinajstić information content (AvgIpc) is 1.82. The van der Waals surface area contributed by atoms with Crippen molar-refractivity contribution >= 4 is 70.9 Å². The Labute approximate surface area is 556 Å². The second-order valence-electron chi connectivity index (χ2n) is 20.8. The lowest BCUT2D eigenvalue weighted by atomic mass is 10.0. The van der Waals surface area contributed by atoms with Crippen molar-refractivity contribution in [3.8, 4) is 0 Å². The summed E-state index contributed by atoms with van der Waals surface area (Å²) in [5, 5.41) is 127. The molecule has 20 N–H and O–H groups in total. The van der Waals surface area contributed by atoms with Crippen molar-refractivity contribution in [2.24, 2.45) is 0 Å². The summed E-state index contributed by atoms with van der Waals surface area (Å²) in [4.78, 5) is 147. The molecule has 0 saturated carbocycles. The fourth-order valence-electron chi connectivity index (χ4n) is 7.63. The number of amides is 11. The van der Waals surface area contributed by atoms with Crippen LogP contribution in [0.1, 0.15) is 38.5 Å². The third kappa shape index (κ3) is 43.0. The maximum atomic E-state index is 13.0. The Morgan fingerprint density at radius 1 is 0.361 bits per heavy atom. The molecule has 0 saturated heterocycles. The smallest absolute Gasteiger partial charge is 0.303 e. The van der Waals surface area contributed by atoms with Gasteiger partial charge in [-0.1, -0.05) is 0 Å². The normalized spacial score (nSPS) is 15.1. The summed E-state index contributed by atoms with van der Waals surface area (Å²) in [6.07, 6.45) is -15.3. The Balaban J connectivity index is 2.07. The molecule has 41 nitrogen and oxygen atoms in total. The first-order chi connectivity index (χ1) is 46.3. The highest BCUT2D eigenvalue weighted by molar-refractivity contribution is 6.13. The lowest BCUT2D eigenvalue weighted by molar-refractivity contribution is -0.139. The fraction of sp³-hybridized carbons (Fsp3) is 0.750. The summed E-state index contributed by atoms with van der Waals surface area (Å²) in [6, 6.07) is -2.80. The largest absolute Gasteiger partial charge is 0.481 e. The van der Waals surface area contributed by atoms with Crippen molar-refractivity contribution < 1.29 is 152 Å². The number of aliphatic hydroxyl groups excluding tert-OH is 10. The predicted molar refractivity (Wildman–Crippen MR) is 325 cm³/mol. The van der Waals surface area contributed by atoms with Gasteiger partial charge in [-0.05, 0) is 12.8 Å². The molecule has 0 bridgehead atoms. The van der Waals surface area contributed by atoms with Crippen molar-refractivity contribution in [1.82, 2.24) is 52.8 Å². The maximum Gasteiger partial charge on any atom is 0.303 e. The second-order valence-corrected chi connectivity index (χ2v) is 20.8. The van der Waals surface area contributed by atoms with Gasteiger partial charge in [0.2, 0.25) is 53.2 Å². The molecule has 97 heavy (non-hydrogen) atoms. The molecule has 0 fully saturated rings. The van der Waals surface area contributed by atoms with Gasteiger partial charge in [-0.2, -0.15) is 0 Å². The Kier molecular flexibility index (Phi) is 48.8. The van der Waals surface area contributed by atoms with Crippen molar-refractivity contribution in [3.05, 3.63) is 12.2 Å². The van der Waals surface area contributed by atoms with Gasteiger partial charge in [0.1, 0.15) is 48.7 Å². The number of carbonyl (C=O) groups excluding carboxylic acids is 11. The summed E-state index contributed by atoms with van der Waals surface area (Å²) >= 11 is 0. The number of aliphatic carboxylic acids is 1. The molecule has 1 aliphatic rings. The van der Waals surface area contributed by atoms with Crippen LogP contribution in [-0.4, -0.2) is 364 Å². The van der Waals surface area contributed by atoms with E-state index in [-0.39, 0.29) is 98.2 Å². The SMILES string of the molecule is O=C(O)CC[C@H](NC(=O)CCN1C(=O)C=CC1=O)C(=O)NCC(=O)NCC(=O)NCC(=O)NCC(=O)NCCOCCOCCOCCOCCOCCOCCOCCOCCC(=O)N[C@@H](CCC(=O)NC[C@H](O)[C@@H](O)[C@H](O)[C@H](O)CO)C(=O)NC[C@H](O)[C@@H](O)[C@H](O)[C@H](O)CO. The van der Waals surface area contributed by atoms with Gasteiger partial charge in [0.15, 0.2) is 0 Å². The Morgan fingerprint density at radius 3 is 1.09 bits per heavy atom. The number of hydrogen-bond donors (Lipinski definition) is 20. The van der Waals surface area contributed by atoms with Crippen LogP contribution in [0.5, 0.6) is 0 Å². The number of hydrogen-bond acceptors (Lipinski definition) is 30. The lowest BCUT2D eigenvalue weighted by Crippen LogP contribution is -2.53. The van der Waals surface area contributed by atoms with Crippen LogP contribution in [0.25, 0.3) is 0 Å². The predicted octanol–water partition coefficient (Wildman–Crippen LogP) is -12.9. The number of aliphatic hydroxyl groups is 10. The fourth-order valence-corrected chi connectivity index (χ4v) is 7.63. The van der Waals surface area contributed by atoms with Gasteiger partial charge in [-0.25, -0.2) is 0 Å². The van der Waals surface area contributed by atoms with Gasteiger partial charge in [-0.3, -0.25) is 62.4 Å². The van der Waals surface area contributed by atoms with E-state index < -0.39 is 197 Å². The molecule has 1 rings (SSSR count). The first kappa shape index (κ1) is 87.9. The highest BCUT2D eigenvalue weighted by atomic mass is 16.6. The van der Waals surface area contributed by atoms with Gasteiger partial charge < -0.3 is 142 Å². The Bertz CT molecular complexity index is 2380. The van der Waals surface area contributed by atoms with Gasteiger partial charge >= 0.3 is 5.97 Å². The molecule has 0 aromatic carbocycles. The summed E-state index contributed by atoms with van der Waals surface area (Å²) in [5.74, 6) is -9.48. The second kappa shape index (κ2) is 53.9. The van der Waals surface area contributed by atoms with Crippen LogP contribution in [0.2, 0.25) is 0 Å². The third-order valence-electron chi connectivity index (χ3n) is 13.1. The monoisotopic (exact) mass is 1400 g/mol. The van der Waals surface area contributed by atoms with Crippen LogP contribution < -0.4 is 47.9 Å². The topological polar surface area (TPSA) is 613 Å². The number of nitrogens with zero attached hydrogens (tertiary/aromatic N) is 1. The summed E-state index contributed by atoms with van der Waals surface area (Å²) in [5.41, 5.74) is 0. The van der Waals surface area contributed by atoms with E-state index in [1.165, 1.54) is 0 Å². The van der Waals surface area contributed by atoms with E-state index >= 15 is 0 Å². The lowest BCUT2D eigenvalue weighted by Gasteiger charge is -2.26. The van der Waals surface area contributed by atoms with E-state index in [9.17, 15) is 98.4 Å². The standard InChI is InChI=1S/C56H96N10O31/c67-33-39(71)53(86)51(84)37(69)27-58-41(73)3-1-35(55(88)62-28-38(70)52(85)54(87)40(72)34-68)65-43(75)8-11-90-13-15-92-17-19-94-21-23-96-25-26-97-24-22-95-20-18-93-16-14-91-12-9-57-44(76)29-59-45(77)30-60-46(78)31-61-47(79)32-63-56(89)36(2-6-50(82)83)64-42(74)7-10-66-48(80)4-5-49(66)81/h4-5,35-40,51-54,67-72,84-87H,1-3,6-34H2,(H,57,76)(H,58,73)(H,59,77)(H,60,78)(H,61,79)(H,62,88)(H,63,89)(H,64,74)(H,65,75)(H,82,83)/t35-,36-,37-,38-,39+,40+,51+,52+,53+,54+/m0/s1. The summed E-state index contributed by atoms with van der Waals surface area (Å²) in [7, 11) is 0. The number of carboxylic acid groups (broad SMARTS) is 1. The van der Waals surface area contributed by atoms with Gasteiger partial charge in [0.05, 0.1) is 157 Å². The highest BCUT2D eigenvalue weighted by Gasteiger charge is 2.33. The van der Waals surface area contributed by atoms with Gasteiger partial charge in [0, 0.05) is 64.0 Å². The molecular formula is C56H96N10O31. The Hall–Kier alpha value is -7.14. The molecule has 0 spiro atoms. The van der Waals surface area contributed by atoms with Crippen molar-refractivity contribution in [2.45, 2.75) is 99.4 Å². The van der Waals surface area contributed by atoms with Crippen molar-refractivity contribution in [3.63, 3.8) is 0 Å². The summed E-state index contributed by atoms with van der Waals surface area (Å²) < 4.78 is 43.5. The van der Waals surface area contributed by atoms with Crippen molar-refractivity contribution in [2.75, 3.05) is 171 Å². The molecule has 556 valence electrons. The number of rotatable bonds is 60. The molecule has 1 aliphatic heterocycles.